The van der Waals surface area contributed by atoms with Crippen LogP contribution in [0.4, 0.5) is 0 Å². The molecule has 228 valence electrons. The van der Waals surface area contributed by atoms with Crippen molar-refractivity contribution >= 4 is 23.9 Å². The number of carbonyl (C=O) groups is 4. The molecule has 3 rings (SSSR count). The summed E-state index contributed by atoms with van der Waals surface area (Å²) in [6.45, 7) is 20.8. The van der Waals surface area contributed by atoms with E-state index in [1.54, 1.807) is 27.7 Å². The van der Waals surface area contributed by atoms with Gasteiger partial charge in [0.05, 0.1) is 0 Å². The highest BCUT2D eigenvalue weighted by Gasteiger charge is 2.27. The summed E-state index contributed by atoms with van der Waals surface area (Å²) in [6, 6.07) is 7.60. The maximum absolute atomic E-state index is 11.6. The van der Waals surface area contributed by atoms with Crippen LogP contribution in [-0.2, 0) is 33.4 Å². The van der Waals surface area contributed by atoms with Crippen LogP contribution < -0.4 is 4.74 Å². The van der Waals surface area contributed by atoms with E-state index in [1.165, 1.54) is 5.56 Å². The fourth-order valence-electron chi connectivity index (χ4n) is 4.54. The van der Waals surface area contributed by atoms with Crippen LogP contribution in [0.1, 0.15) is 90.5 Å². The third kappa shape index (κ3) is 11.5. The van der Waals surface area contributed by atoms with Crippen molar-refractivity contribution in [2.75, 3.05) is 0 Å². The zero-order chi connectivity index (χ0) is 31.4. The van der Waals surface area contributed by atoms with Crippen molar-refractivity contribution in [2.45, 2.75) is 103 Å². The molecule has 0 aromatic heterocycles. The highest BCUT2D eigenvalue weighted by atomic mass is 16.6. The zero-order valence-corrected chi connectivity index (χ0v) is 25.4. The summed E-state index contributed by atoms with van der Waals surface area (Å²) >= 11 is 0. The molecule has 1 aromatic carbocycles. The maximum atomic E-state index is 11.6. The average Bonchev–Trinajstić information content (AvgIpc) is 2.95. The van der Waals surface area contributed by atoms with E-state index in [4.69, 9.17) is 18.9 Å². The lowest BCUT2D eigenvalue weighted by Gasteiger charge is -2.28. The molecule has 2 saturated carbocycles. The Hall–Kier alpha value is -3.94. The first-order chi connectivity index (χ1) is 19.8. The topological polar surface area (TPSA) is 105 Å². The number of hydrogen-bond acceptors (Lipinski definition) is 8. The standard InChI is InChI=1S/C20H24O4.C14H20O4/c1-13(2)19(21)23-17-9-5-15(6-10-17)16-7-11-18(12-8-16)24-20(22)14(3)4;1-9(2)13(15)17-11-5-7-12(8-6-11)18-14(16)10(3)4/h5-6,9-10,16,18H,1,3,7-8,11-12H2,2,4H3;11-12H,1,3,5-8H2,2,4H3. The summed E-state index contributed by atoms with van der Waals surface area (Å²) in [5, 5.41) is 0. The molecule has 2 fully saturated rings. The normalized spacial score (nSPS) is 21.3. The Morgan fingerprint density at radius 1 is 0.524 bits per heavy atom. The third-order valence-corrected chi connectivity index (χ3v) is 7.07. The summed E-state index contributed by atoms with van der Waals surface area (Å²) < 4.78 is 21.1. The molecule has 8 heteroatoms. The number of esters is 4. The molecule has 2 aliphatic carbocycles. The van der Waals surface area contributed by atoms with Gasteiger partial charge in [0.1, 0.15) is 24.1 Å². The van der Waals surface area contributed by atoms with E-state index in [0.717, 1.165) is 25.7 Å². The van der Waals surface area contributed by atoms with Gasteiger partial charge in [0, 0.05) is 22.3 Å². The fourth-order valence-corrected chi connectivity index (χ4v) is 4.54. The molecule has 42 heavy (non-hydrogen) atoms. The lowest BCUT2D eigenvalue weighted by molar-refractivity contribution is -0.153. The van der Waals surface area contributed by atoms with E-state index in [9.17, 15) is 19.2 Å². The number of benzene rings is 1. The molecular weight excluding hydrogens is 536 g/mol. The van der Waals surface area contributed by atoms with Crippen molar-refractivity contribution in [1.82, 2.24) is 0 Å². The molecule has 0 bridgehead atoms. The van der Waals surface area contributed by atoms with Gasteiger partial charge in [0.2, 0.25) is 0 Å². The number of hydrogen-bond donors (Lipinski definition) is 0. The average molecular weight is 581 g/mol. The summed E-state index contributed by atoms with van der Waals surface area (Å²) in [5.74, 6) is -0.453. The fraction of sp³-hybridized carbons (Fsp3) is 0.471. The van der Waals surface area contributed by atoms with E-state index in [0.29, 0.717) is 59.6 Å². The van der Waals surface area contributed by atoms with Crippen LogP contribution in [0, 0.1) is 0 Å². The van der Waals surface area contributed by atoms with E-state index in [2.05, 4.69) is 26.3 Å². The van der Waals surface area contributed by atoms with Gasteiger partial charge < -0.3 is 18.9 Å². The first kappa shape index (κ1) is 34.3. The molecule has 0 unspecified atom stereocenters. The quantitative estimate of drug-likeness (QED) is 0.135. The van der Waals surface area contributed by atoms with Crippen LogP contribution in [0.15, 0.2) is 72.9 Å². The van der Waals surface area contributed by atoms with Gasteiger partial charge in [-0.25, -0.2) is 19.2 Å². The molecule has 1 aromatic rings. The van der Waals surface area contributed by atoms with Crippen molar-refractivity contribution < 1.29 is 38.1 Å². The maximum Gasteiger partial charge on any atom is 0.338 e. The van der Waals surface area contributed by atoms with Gasteiger partial charge in [-0.15, -0.1) is 0 Å². The van der Waals surface area contributed by atoms with Gasteiger partial charge in [-0.1, -0.05) is 38.4 Å². The highest BCUT2D eigenvalue weighted by molar-refractivity contribution is 5.89. The van der Waals surface area contributed by atoms with E-state index >= 15 is 0 Å². The van der Waals surface area contributed by atoms with Crippen LogP contribution in [0.3, 0.4) is 0 Å². The van der Waals surface area contributed by atoms with Crippen LogP contribution >= 0.6 is 0 Å². The first-order valence-corrected chi connectivity index (χ1v) is 14.3. The summed E-state index contributed by atoms with van der Waals surface area (Å²) in [7, 11) is 0. The molecule has 0 spiro atoms. The van der Waals surface area contributed by atoms with Gasteiger partial charge in [0.15, 0.2) is 0 Å². The molecule has 8 nitrogen and oxygen atoms in total. The van der Waals surface area contributed by atoms with Crippen LogP contribution in [0.5, 0.6) is 5.75 Å². The van der Waals surface area contributed by atoms with Crippen molar-refractivity contribution in [3.63, 3.8) is 0 Å². The number of rotatable bonds is 9. The second kappa shape index (κ2) is 16.5. The second-order valence-electron chi connectivity index (χ2n) is 11.2. The third-order valence-electron chi connectivity index (χ3n) is 7.07. The molecule has 0 radical (unpaired) electrons. The van der Waals surface area contributed by atoms with Gasteiger partial charge in [-0.05, 0) is 103 Å². The first-order valence-electron chi connectivity index (χ1n) is 14.3. The van der Waals surface area contributed by atoms with Crippen LogP contribution in [-0.4, -0.2) is 42.2 Å². The Bertz CT molecular complexity index is 1140. The lowest BCUT2D eigenvalue weighted by atomic mass is 9.83. The molecule has 2 aliphatic rings. The van der Waals surface area contributed by atoms with Gasteiger partial charge in [-0.3, -0.25) is 0 Å². The van der Waals surface area contributed by atoms with E-state index < -0.39 is 5.97 Å². The molecular formula is C34H44O8. The van der Waals surface area contributed by atoms with E-state index in [-0.39, 0.29) is 36.2 Å². The minimum Gasteiger partial charge on any atom is -0.459 e. The highest BCUT2D eigenvalue weighted by Crippen LogP contribution is 2.35. The lowest BCUT2D eigenvalue weighted by Crippen LogP contribution is -2.30. The zero-order valence-electron chi connectivity index (χ0n) is 25.4. The minimum absolute atomic E-state index is 0.0127. The number of carbonyl (C=O) groups excluding carboxylic acids is 4. The van der Waals surface area contributed by atoms with Gasteiger partial charge in [0.25, 0.3) is 0 Å². The molecule has 0 heterocycles. The summed E-state index contributed by atoms with van der Waals surface area (Å²) in [5.41, 5.74) is 2.85. The summed E-state index contributed by atoms with van der Waals surface area (Å²) in [6.07, 6.45) is 6.33. The Morgan fingerprint density at radius 3 is 1.14 bits per heavy atom. The Labute approximate surface area is 249 Å². The molecule has 0 amide bonds. The molecule has 0 saturated heterocycles. The van der Waals surface area contributed by atoms with Crippen molar-refractivity contribution in [3.05, 3.63) is 78.4 Å². The van der Waals surface area contributed by atoms with Crippen LogP contribution in [0.2, 0.25) is 0 Å². The Kier molecular flexibility index (Phi) is 13.5. The molecule has 0 atom stereocenters. The predicted molar refractivity (Wildman–Crippen MR) is 161 cm³/mol. The van der Waals surface area contributed by atoms with E-state index in [1.807, 2.05) is 24.3 Å². The molecule has 0 N–H and O–H groups in total. The number of ether oxygens (including phenoxy) is 4. The van der Waals surface area contributed by atoms with Crippen LogP contribution in [0.25, 0.3) is 0 Å². The van der Waals surface area contributed by atoms with Gasteiger partial charge >= 0.3 is 23.9 Å². The second-order valence-corrected chi connectivity index (χ2v) is 11.2. The summed E-state index contributed by atoms with van der Waals surface area (Å²) in [4.78, 5) is 45.8. The Morgan fingerprint density at radius 2 is 0.833 bits per heavy atom. The Balaban J connectivity index is 0.000000307. The smallest absolute Gasteiger partial charge is 0.338 e. The van der Waals surface area contributed by atoms with Gasteiger partial charge in [-0.2, -0.15) is 0 Å². The van der Waals surface area contributed by atoms with Crippen molar-refractivity contribution in [2.24, 2.45) is 0 Å². The SMILES string of the molecule is C=C(C)C(=O)OC1CCC(OC(=O)C(=C)C)CC1.C=C(C)C(=O)Oc1ccc(C2CCC(OC(=O)C(=C)C)CC2)cc1. The van der Waals surface area contributed by atoms with Crippen molar-refractivity contribution in [3.8, 4) is 5.75 Å². The predicted octanol–water partition coefficient (Wildman–Crippen LogP) is 6.85. The largest absolute Gasteiger partial charge is 0.459 e. The monoisotopic (exact) mass is 580 g/mol. The van der Waals surface area contributed by atoms with Crippen molar-refractivity contribution in [1.29, 1.82) is 0 Å². The minimum atomic E-state index is -0.414. The molecule has 0 aliphatic heterocycles.